The van der Waals surface area contributed by atoms with Crippen molar-refractivity contribution in [2.45, 2.75) is 31.1 Å². The standard InChI is InChI=1S/C31H36N4O3S/c1-4-10-26-13-8-14-29(30(26)32-3)39(37,38)33-28-17-15-27(16-18-28)31(36)35-20-9-19-34(21-22-35)23-24(2)25-11-6-5-7-12-25/h4-8,10-18,24,33H,3,9,19-23H2,1-2H3/b10-4-. The molecule has 7 nitrogen and oxygen atoms in total. The minimum atomic E-state index is -3.91. The molecule has 0 bridgehead atoms. The highest BCUT2D eigenvalue weighted by Gasteiger charge is 2.23. The zero-order chi connectivity index (χ0) is 27.8. The smallest absolute Gasteiger partial charge is 0.264 e. The van der Waals surface area contributed by atoms with E-state index in [1.807, 2.05) is 24.0 Å². The van der Waals surface area contributed by atoms with Gasteiger partial charge < -0.3 is 9.80 Å². The molecule has 3 aromatic rings. The number of para-hydroxylation sites is 1. The van der Waals surface area contributed by atoms with Crippen molar-refractivity contribution in [2.24, 2.45) is 4.99 Å². The summed E-state index contributed by atoms with van der Waals surface area (Å²) in [6.07, 6.45) is 4.52. The van der Waals surface area contributed by atoms with Gasteiger partial charge in [0.15, 0.2) is 0 Å². The molecule has 1 aliphatic heterocycles. The Morgan fingerprint density at radius 3 is 2.44 bits per heavy atom. The van der Waals surface area contributed by atoms with E-state index in [0.29, 0.717) is 41.5 Å². The minimum absolute atomic E-state index is 0.0421. The van der Waals surface area contributed by atoms with Crippen LogP contribution in [0.2, 0.25) is 0 Å². The van der Waals surface area contributed by atoms with E-state index in [2.05, 4.69) is 52.5 Å². The van der Waals surface area contributed by atoms with E-state index >= 15 is 0 Å². The first-order valence-corrected chi connectivity index (χ1v) is 14.7. The monoisotopic (exact) mass is 544 g/mol. The van der Waals surface area contributed by atoms with Crippen molar-refractivity contribution in [3.63, 3.8) is 0 Å². The second-order valence-corrected chi connectivity index (χ2v) is 11.4. The van der Waals surface area contributed by atoms with Gasteiger partial charge in [0.2, 0.25) is 0 Å². The predicted octanol–water partition coefficient (Wildman–Crippen LogP) is 5.80. The van der Waals surface area contributed by atoms with Gasteiger partial charge in [0.1, 0.15) is 4.90 Å². The Labute approximate surface area is 231 Å². The van der Waals surface area contributed by atoms with Gasteiger partial charge >= 0.3 is 0 Å². The van der Waals surface area contributed by atoms with Crippen LogP contribution in [-0.4, -0.2) is 63.6 Å². The molecule has 1 unspecified atom stereocenters. The summed E-state index contributed by atoms with van der Waals surface area (Å²) in [7, 11) is -3.91. The number of nitrogens with zero attached hydrogens (tertiary/aromatic N) is 3. The van der Waals surface area contributed by atoms with Crippen molar-refractivity contribution in [1.29, 1.82) is 0 Å². The van der Waals surface area contributed by atoms with Gasteiger partial charge in [-0.25, -0.2) is 8.42 Å². The van der Waals surface area contributed by atoms with E-state index in [1.54, 1.807) is 42.5 Å². The average molecular weight is 545 g/mol. The SMILES string of the molecule is C=Nc1c(/C=C\C)cccc1S(=O)(=O)Nc1ccc(C(=O)N2CCCN(CC(C)c3ccccc3)CC2)cc1. The molecule has 0 saturated carbocycles. The number of hydrogen-bond acceptors (Lipinski definition) is 5. The number of anilines is 1. The van der Waals surface area contributed by atoms with Crippen LogP contribution in [0, 0.1) is 0 Å². The van der Waals surface area contributed by atoms with E-state index in [9.17, 15) is 13.2 Å². The summed E-state index contributed by atoms with van der Waals surface area (Å²) >= 11 is 0. The Hall–Kier alpha value is -3.75. The molecular weight excluding hydrogens is 508 g/mol. The van der Waals surface area contributed by atoms with E-state index < -0.39 is 10.0 Å². The fourth-order valence-electron chi connectivity index (χ4n) is 4.94. The number of aliphatic imine (C=N–C) groups is 1. The number of carbonyl (C=O) groups excluding carboxylic acids is 1. The molecule has 1 heterocycles. The van der Waals surface area contributed by atoms with Gasteiger partial charge in [-0.05, 0) is 68.4 Å². The van der Waals surface area contributed by atoms with Gasteiger partial charge in [-0.15, -0.1) is 0 Å². The van der Waals surface area contributed by atoms with Gasteiger partial charge in [-0.2, -0.15) is 0 Å². The molecule has 1 aliphatic rings. The van der Waals surface area contributed by atoms with Crippen molar-refractivity contribution in [3.8, 4) is 0 Å². The highest BCUT2D eigenvalue weighted by molar-refractivity contribution is 7.92. The summed E-state index contributed by atoms with van der Waals surface area (Å²) in [5.41, 5.74) is 3.19. The number of rotatable bonds is 9. The van der Waals surface area contributed by atoms with Crippen LogP contribution in [0.1, 0.15) is 47.7 Å². The number of sulfonamides is 1. The highest BCUT2D eigenvalue weighted by atomic mass is 32.2. The zero-order valence-corrected chi connectivity index (χ0v) is 23.4. The van der Waals surface area contributed by atoms with Crippen LogP contribution < -0.4 is 4.72 Å². The molecule has 1 fully saturated rings. The van der Waals surface area contributed by atoms with Crippen molar-refractivity contribution in [3.05, 3.63) is 95.6 Å². The first kappa shape index (κ1) is 28.3. The predicted molar refractivity (Wildman–Crippen MR) is 159 cm³/mol. The van der Waals surface area contributed by atoms with Crippen LogP contribution in [0.4, 0.5) is 11.4 Å². The third-order valence-electron chi connectivity index (χ3n) is 6.98. The van der Waals surface area contributed by atoms with Gasteiger partial charge in [0.05, 0.1) is 5.69 Å². The van der Waals surface area contributed by atoms with Gasteiger partial charge in [-0.1, -0.05) is 61.5 Å². The lowest BCUT2D eigenvalue weighted by Gasteiger charge is -2.25. The van der Waals surface area contributed by atoms with Gasteiger partial charge in [0, 0.05) is 43.0 Å². The first-order valence-electron chi connectivity index (χ1n) is 13.2. The molecule has 39 heavy (non-hydrogen) atoms. The summed E-state index contributed by atoms with van der Waals surface area (Å²) in [6.45, 7) is 11.7. The Morgan fingerprint density at radius 2 is 1.74 bits per heavy atom. The third-order valence-corrected chi connectivity index (χ3v) is 8.40. The van der Waals surface area contributed by atoms with Crippen LogP contribution in [0.25, 0.3) is 6.08 Å². The Bertz CT molecular complexity index is 1420. The summed E-state index contributed by atoms with van der Waals surface area (Å²) < 4.78 is 28.9. The van der Waals surface area contributed by atoms with Crippen LogP contribution in [0.5, 0.6) is 0 Å². The summed E-state index contributed by atoms with van der Waals surface area (Å²) in [4.78, 5) is 21.6. The lowest BCUT2D eigenvalue weighted by Crippen LogP contribution is -2.36. The molecule has 1 saturated heterocycles. The fraction of sp³-hybridized carbons (Fsp3) is 0.290. The van der Waals surface area contributed by atoms with Gasteiger partial charge in [0.25, 0.3) is 15.9 Å². The molecule has 0 aliphatic carbocycles. The summed E-state index contributed by atoms with van der Waals surface area (Å²) in [5.74, 6) is 0.383. The third kappa shape index (κ3) is 7.02. The second kappa shape index (κ2) is 12.9. The van der Waals surface area contributed by atoms with Crippen LogP contribution in [-0.2, 0) is 10.0 Å². The van der Waals surface area contributed by atoms with E-state index in [1.165, 1.54) is 11.6 Å². The number of allylic oxidation sites excluding steroid dienone is 1. The maximum absolute atomic E-state index is 13.2. The fourth-order valence-corrected chi connectivity index (χ4v) is 6.19. The zero-order valence-electron chi connectivity index (χ0n) is 22.6. The molecule has 1 amide bonds. The summed E-state index contributed by atoms with van der Waals surface area (Å²) in [5, 5.41) is 0. The molecule has 0 spiro atoms. The molecule has 3 aromatic carbocycles. The highest BCUT2D eigenvalue weighted by Crippen LogP contribution is 2.30. The Morgan fingerprint density at radius 1 is 1.00 bits per heavy atom. The number of hydrogen-bond donors (Lipinski definition) is 1. The Balaban J connectivity index is 1.39. The minimum Gasteiger partial charge on any atom is -0.337 e. The molecule has 0 aromatic heterocycles. The quantitative estimate of drug-likeness (QED) is 0.345. The van der Waals surface area contributed by atoms with E-state index in [0.717, 1.165) is 26.1 Å². The first-order chi connectivity index (χ1) is 18.8. The topological polar surface area (TPSA) is 82.1 Å². The largest absolute Gasteiger partial charge is 0.337 e. The second-order valence-electron chi connectivity index (χ2n) is 9.79. The number of amides is 1. The molecule has 204 valence electrons. The molecule has 1 atom stereocenters. The van der Waals surface area contributed by atoms with Crippen molar-refractivity contribution < 1.29 is 13.2 Å². The molecule has 1 N–H and O–H groups in total. The van der Waals surface area contributed by atoms with E-state index in [-0.39, 0.29) is 10.8 Å². The molecule has 4 rings (SSSR count). The number of nitrogens with one attached hydrogen (secondary N) is 1. The lowest BCUT2D eigenvalue weighted by atomic mass is 10.0. The molecule has 0 radical (unpaired) electrons. The Kier molecular flexibility index (Phi) is 9.32. The van der Waals surface area contributed by atoms with Crippen LogP contribution >= 0.6 is 0 Å². The number of carbonyl (C=O) groups is 1. The van der Waals surface area contributed by atoms with Crippen LogP contribution in [0.15, 0.2) is 88.8 Å². The van der Waals surface area contributed by atoms with Crippen LogP contribution in [0.3, 0.4) is 0 Å². The number of benzene rings is 3. The summed E-state index contributed by atoms with van der Waals surface area (Å²) in [6, 6.07) is 22.0. The van der Waals surface area contributed by atoms with Crippen molar-refractivity contribution >= 4 is 40.1 Å². The molecule has 8 heteroatoms. The molecular formula is C31H36N4O3S. The average Bonchev–Trinajstić information content (AvgIpc) is 3.19. The van der Waals surface area contributed by atoms with Crippen molar-refractivity contribution in [2.75, 3.05) is 37.4 Å². The maximum Gasteiger partial charge on any atom is 0.264 e. The van der Waals surface area contributed by atoms with E-state index in [4.69, 9.17) is 0 Å². The van der Waals surface area contributed by atoms with Gasteiger partial charge in [-0.3, -0.25) is 14.5 Å². The normalized spacial score (nSPS) is 15.6. The lowest BCUT2D eigenvalue weighted by molar-refractivity contribution is 0.0761. The van der Waals surface area contributed by atoms with Crippen molar-refractivity contribution in [1.82, 2.24) is 9.80 Å². The maximum atomic E-state index is 13.2.